The lowest BCUT2D eigenvalue weighted by Crippen LogP contribution is -2.12. The first-order valence-electron chi connectivity index (χ1n) is 4.13. The lowest BCUT2D eigenvalue weighted by atomic mass is 10.2. The fourth-order valence-corrected chi connectivity index (χ4v) is 2.78. The van der Waals surface area contributed by atoms with Crippen molar-refractivity contribution in [2.24, 2.45) is 0 Å². The number of thioether (sulfide) groups is 1. The summed E-state index contributed by atoms with van der Waals surface area (Å²) in [6, 6.07) is 0. The van der Waals surface area contributed by atoms with Crippen LogP contribution in [0, 0.1) is 0 Å². The van der Waals surface area contributed by atoms with Crippen LogP contribution in [0.1, 0.15) is 23.9 Å². The molecule has 0 spiro atoms. The summed E-state index contributed by atoms with van der Waals surface area (Å²) in [7, 11) is 0. The van der Waals surface area contributed by atoms with E-state index in [1.165, 1.54) is 12.2 Å². The van der Waals surface area contributed by atoms with E-state index in [9.17, 15) is 4.79 Å². The number of hydrogen-bond donors (Lipinski definition) is 1. The van der Waals surface area contributed by atoms with Crippen molar-refractivity contribution in [1.82, 2.24) is 9.97 Å². The quantitative estimate of drug-likeness (QED) is 0.842. The highest BCUT2D eigenvalue weighted by Crippen LogP contribution is 2.37. The van der Waals surface area contributed by atoms with Gasteiger partial charge in [-0.1, -0.05) is 0 Å². The molecule has 1 aliphatic heterocycles. The lowest BCUT2D eigenvalue weighted by molar-refractivity contribution is 0.769. The molecule has 1 fully saturated rings. The Morgan fingerprint density at radius 2 is 2.54 bits per heavy atom. The number of nitrogens with one attached hydrogen (secondary N) is 1. The molecule has 5 heteroatoms. The second-order valence-corrected chi connectivity index (χ2v) is 5.11. The molecule has 13 heavy (non-hydrogen) atoms. The van der Waals surface area contributed by atoms with E-state index in [0.717, 1.165) is 12.2 Å². The van der Waals surface area contributed by atoms with E-state index in [1.807, 2.05) is 11.8 Å². The van der Waals surface area contributed by atoms with Gasteiger partial charge in [0.2, 0.25) is 0 Å². The van der Waals surface area contributed by atoms with E-state index in [1.54, 1.807) is 6.20 Å². The maximum absolute atomic E-state index is 11.2. The van der Waals surface area contributed by atoms with Crippen molar-refractivity contribution in [3.63, 3.8) is 0 Å². The van der Waals surface area contributed by atoms with E-state index in [4.69, 9.17) is 0 Å². The minimum Gasteiger partial charge on any atom is -0.309 e. The Hall–Kier alpha value is -0.290. The van der Waals surface area contributed by atoms with Gasteiger partial charge in [-0.25, -0.2) is 4.98 Å². The fourth-order valence-electron chi connectivity index (χ4n) is 1.35. The fraction of sp³-hybridized carbons (Fsp3) is 0.500. The summed E-state index contributed by atoms with van der Waals surface area (Å²) in [6.07, 6.45) is 3.91. The molecular weight excluding hydrogens is 252 g/mol. The molecule has 0 bridgehead atoms. The zero-order chi connectivity index (χ0) is 9.26. The monoisotopic (exact) mass is 260 g/mol. The minimum atomic E-state index is -0.0856. The summed E-state index contributed by atoms with van der Waals surface area (Å²) in [5.41, 5.74) is -0.0856. The first-order valence-corrected chi connectivity index (χ1v) is 5.98. The number of aromatic nitrogens is 2. The molecule has 0 radical (unpaired) electrons. The Morgan fingerprint density at radius 1 is 1.69 bits per heavy atom. The Bertz CT molecular complexity index is 359. The normalized spacial score (nSPS) is 22.1. The molecule has 1 N–H and O–H groups in total. The van der Waals surface area contributed by atoms with Crippen molar-refractivity contribution in [1.29, 1.82) is 0 Å². The second kappa shape index (κ2) is 3.84. The molecule has 2 heterocycles. The molecule has 1 saturated heterocycles. The molecule has 1 aromatic heterocycles. The van der Waals surface area contributed by atoms with E-state index in [2.05, 4.69) is 25.9 Å². The van der Waals surface area contributed by atoms with Gasteiger partial charge in [-0.05, 0) is 34.5 Å². The van der Waals surface area contributed by atoms with Gasteiger partial charge < -0.3 is 4.98 Å². The van der Waals surface area contributed by atoms with Crippen LogP contribution in [0.3, 0.4) is 0 Å². The summed E-state index contributed by atoms with van der Waals surface area (Å²) < 4.78 is 0.499. The van der Waals surface area contributed by atoms with Gasteiger partial charge >= 0.3 is 0 Å². The molecule has 1 unspecified atom stereocenters. The van der Waals surface area contributed by atoms with Crippen molar-refractivity contribution >= 4 is 27.7 Å². The van der Waals surface area contributed by atoms with Crippen LogP contribution in [0.5, 0.6) is 0 Å². The van der Waals surface area contributed by atoms with Gasteiger partial charge in [-0.2, -0.15) is 11.8 Å². The summed E-state index contributed by atoms with van der Waals surface area (Å²) in [5, 5.41) is 0.390. The molecule has 0 aliphatic carbocycles. The predicted octanol–water partition coefficient (Wildman–Crippen LogP) is 2.10. The van der Waals surface area contributed by atoms with Crippen molar-refractivity contribution in [2.75, 3.05) is 5.75 Å². The summed E-state index contributed by atoms with van der Waals surface area (Å²) in [5.74, 6) is 1.99. The van der Waals surface area contributed by atoms with Crippen LogP contribution in [0.4, 0.5) is 0 Å². The molecular formula is C8H9BrN2OS. The first-order chi connectivity index (χ1) is 6.27. The third kappa shape index (κ3) is 1.96. The van der Waals surface area contributed by atoms with Gasteiger partial charge in [0.25, 0.3) is 5.56 Å². The average Bonchev–Trinajstić information content (AvgIpc) is 2.62. The number of H-pyrrole nitrogens is 1. The molecule has 0 saturated carbocycles. The Balaban J connectivity index is 2.30. The van der Waals surface area contributed by atoms with Crippen LogP contribution in [0.25, 0.3) is 0 Å². The van der Waals surface area contributed by atoms with Gasteiger partial charge in [-0.3, -0.25) is 4.79 Å². The van der Waals surface area contributed by atoms with Crippen LogP contribution >= 0.6 is 27.7 Å². The molecule has 0 aromatic carbocycles. The molecule has 1 aliphatic rings. The maximum Gasteiger partial charge on any atom is 0.265 e. The van der Waals surface area contributed by atoms with Gasteiger partial charge in [-0.15, -0.1) is 0 Å². The van der Waals surface area contributed by atoms with E-state index in [0.29, 0.717) is 9.72 Å². The Morgan fingerprint density at radius 3 is 3.15 bits per heavy atom. The highest BCUT2D eigenvalue weighted by Gasteiger charge is 2.19. The van der Waals surface area contributed by atoms with Crippen LogP contribution in [0.2, 0.25) is 0 Å². The molecule has 2 rings (SSSR count). The minimum absolute atomic E-state index is 0.0856. The summed E-state index contributed by atoms with van der Waals surface area (Å²) in [6.45, 7) is 0. The number of hydrogen-bond acceptors (Lipinski definition) is 3. The second-order valence-electron chi connectivity index (χ2n) is 2.95. The predicted molar refractivity (Wildman–Crippen MR) is 57.0 cm³/mol. The van der Waals surface area contributed by atoms with Gasteiger partial charge in [0.1, 0.15) is 10.3 Å². The van der Waals surface area contributed by atoms with Gasteiger partial charge in [0.05, 0.1) is 5.25 Å². The van der Waals surface area contributed by atoms with E-state index >= 15 is 0 Å². The highest BCUT2D eigenvalue weighted by molar-refractivity contribution is 9.10. The molecule has 0 amide bonds. The smallest absolute Gasteiger partial charge is 0.265 e. The largest absolute Gasteiger partial charge is 0.309 e. The standard InChI is InChI=1S/C8H9BrN2OS/c9-5-4-10-7(11-8(5)12)6-2-1-3-13-6/h4,6H,1-3H2,(H,10,11,12). The van der Waals surface area contributed by atoms with Crippen LogP contribution in [-0.2, 0) is 0 Å². The van der Waals surface area contributed by atoms with Crippen molar-refractivity contribution in [3.05, 3.63) is 26.8 Å². The maximum atomic E-state index is 11.2. The molecule has 3 nitrogen and oxygen atoms in total. The topological polar surface area (TPSA) is 45.8 Å². The highest BCUT2D eigenvalue weighted by atomic mass is 79.9. The third-order valence-corrected chi connectivity index (χ3v) is 3.96. The van der Waals surface area contributed by atoms with Crippen molar-refractivity contribution in [2.45, 2.75) is 18.1 Å². The summed E-state index contributed by atoms with van der Waals surface area (Å²) >= 11 is 4.99. The van der Waals surface area contributed by atoms with Gasteiger partial charge in [0.15, 0.2) is 0 Å². The molecule has 1 atom stereocenters. The van der Waals surface area contributed by atoms with E-state index < -0.39 is 0 Å². The SMILES string of the molecule is O=c1[nH]c(C2CCCS2)ncc1Br. The van der Waals surface area contributed by atoms with Crippen LogP contribution in [0.15, 0.2) is 15.5 Å². The van der Waals surface area contributed by atoms with Crippen molar-refractivity contribution in [3.8, 4) is 0 Å². The van der Waals surface area contributed by atoms with Gasteiger partial charge in [0, 0.05) is 6.20 Å². The zero-order valence-electron chi connectivity index (χ0n) is 6.92. The van der Waals surface area contributed by atoms with Crippen molar-refractivity contribution < 1.29 is 0 Å². The summed E-state index contributed by atoms with van der Waals surface area (Å²) in [4.78, 5) is 18.2. The number of aromatic amines is 1. The lowest BCUT2D eigenvalue weighted by Gasteiger charge is -2.06. The molecule has 1 aromatic rings. The number of nitrogens with zero attached hydrogens (tertiary/aromatic N) is 1. The molecule has 70 valence electrons. The zero-order valence-corrected chi connectivity index (χ0v) is 9.32. The third-order valence-electron chi connectivity index (χ3n) is 2.01. The van der Waals surface area contributed by atoms with Crippen LogP contribution in [-0.4, -0.2) is 15.7 Å². The number of halogens is 1. The Labute approximate surface area is 88.5 Å². The Kier molecular flexibility index (Phi) is 2.74. The first kappa shape index (κ1) is 9.27. The number of rotatable bonds is 1. The average molecular weight is 261 g/mol. The van der Waals surface area contributed by atoms with Crippen LogP contribution < -0.4 is 5.56 Å². The van der Waals surface area contributed by atoms with E-state index in [-0.39, 0.29) is 5.56 Å².